The van der Waals surface area contributed by atoms with Gasteiger partial charge in [-0.2, -0.15) is 0 Å². The summed E-state index contributed by atoms with van der Waals surface area (Å²) < 4.78 is 9.99. The number of rotatable bonds is 2. The molecule has 1 fully saturated rings. The lowest BCUT2D eigenvalue weighted by Crippen LogP contribution is -2.35. The van der Waals surface area contributed by atoms with E-state index in [2.05, 4.69) is 5.32 Å². The average Bonchev–Trinajstić information content (AvgIpc) is 2.28. The average molecular weight is 221 g/mol. The standard InChI is InChI=1S/C12H15NO3/c1-8-7-9(15-2)3-4-10(8)11-5-6-16-12(14)13-11/h3-4,7,11H,5-6H2,1-2H3,(H,13,14)/t11-/m1/s1. The molecule has 1 aromatic rings. The third-order valence-electron chi connectivity index (χ3n) is 2.78. The quantitative estimate of drug-likeness (QED) is 0.832. The summed E-state index contributed by atoms with van der Waals surface area (Å²) in [5.74, 6) is 0.833. The second-order valence-corrected chi connectivity index (χ2v) is 3.84. The molecule has 1 saturated heterocycles. The van der Waals surface area contributed by atoms with Crippen molar-refractivity contribution in [3.63, 3.8) is 0 Å². The molecule has 16 heavy (non-hydrogen) atoms. The molecule has 1 aliphatic rings. The number of carbonyl (C=O) groups is 1. The lowest BCUT2D eigenvalue weighted by Gasteiger charge is -2.25. The van der Waals surface area contributed by atoms with E-state index in [1.165, 1.54) is 0 Å². The molecule has 4 heteroatoms. The Bertz CT molecular complexity index is 403. The highest BCUT2D eigenvalue weighted by atomic mass is 16.5. The van der Waals surface area contributed by atoms with Gasteiger partial charge in [-0.1, -0.05) is 6.07 Å². The number of hydrogen-bond acceptors (Lipinski definition) is 3. The van der Waals surface area contributed by atoms with Crippen LogP contribution in [0.1, 0.15) is 23.6 Å². The molecule has 1 aromatic carbocycles. The van der Waals surface area contributed by atoms with Gasteiger partial charge in [0.05, 0.1) is 19.8 Å². The van der Waals surface area contributed by atoms with Crippen LogP contribution in [0, 0.1) is 6.92 Å². The van der Waals surface area contributed by atoms with Crippen LogP contribution in [0.25, 0.3) is 0 Å². The molecule has 4 nitrogen and oxygen atoms in total. The Labute approximate surface area is 94.6 Å². The van der Waals surface area contributed by atoms with E-state index in [1.807, 2.05) is 25.1 Å². The van der Waals surface area contributed by atoms with Gasteiger partial charge in [-0.25, -0.2) is 4.79 Å². The zero-order valence-electron chi connectivity index (χ0n) is 9.45. The second-order valence-electron chi connectivity index (χ2n) is 3.84. The molecular formula is C12H15NO3. The number of nitrogens with one attached hydrogen (secondary N) is 1. The van der Waals surface area contributed by atoms with Crippen molar-refractivity contribution < 1.29 is 14.3 Å². The SMILES string of the molecule is COc1ccc([C@H]2CCOC(=O)N2)c(C)c1. The van der Waals surface area contributed by atoms with Gasteiger partial charge >= 0.3 is 6.09 Å². The number of hydrogen-bond donors (Lipinski definition) is 1. The predicted molar refractivity (Wildman–Crippen MR) is 59.6 cm³/mol. The van der Waals surface area contributed by atoms with Gasteiger partial charge in [0.1, 0.15) is 5.75 Å². The number of benzene rings is 1. The molecule has 1 atom stereocenters. The summed E-state index contributed by atoms with van der Waals surface area (Å²) in [6.07, 6.45) is 0.463. The van der Waals surface area contributed by atoms with Gasteiger partial charge in [-0.15, -0.1) is 0 Å². The van der Waals surface area contributed by atoms with Crippen molar-refractivity contribution >= 4 is 6.09 Å². The van der Waals surface area contributed by atoms with E-state index in [-0.39, 0.29) is 12.1 Å². The smallest absolute Gasteiger partial charge is 0.407 e. The molecule has 0 aliphatic carbocycles. The lowest BCUT2D eigenvalue weighted by atomic mass is 9.98. The second kappa shape index (κ2) is 4.43. The molecule has 86 valence electrons. The number of ether oxygens (including phenoxy) is 2. The van der Waals surface area contributed by atoms with Gasteiger partial charge in [-0.3, -0.25) is 0 Å². The summed E-state index contributed by atoms with van der Waals surface area (Å²) in [4.78, 5) is 11.1. The van der Waals surface area contributed by atoms with Gasteiger partial charge < -0.3 is 14.8 Å². The van der Waals surface area contributed by atoms with Crippen molar-refractivity contribution in [3.8, 4) is 5.75 Å². The van der Waals surface area contributed by atoms with Crippen LogP contribution in [0.4, 0.5) is 4.79 Å². The molecule has 0 unspecified atom stereocenters. The van der Waals surface area contributed by atoms with Crippen LogP contribution in [0.5, 0.6) is 5.75 Å². The first-order chi connectivity index (χ1) is 7.70. The molecule has 0 aromatic heterocycles. The Kier molecular flexibility index (Phi) is 2.99. The van der Waals surface area contributed by atoms with Gasteiger partial charge in [0.15, 0.2) is 0 Å². The Hall–Kier alpha value is -1.71. The Balaban J connectivity index is 2.22. The fourth-order valence-corrected chi connectivity index (χ4v) is 1.92. The molecule has 0 saturated carbocycles. The molecule has 0 radical (unpaired) electrons. The van der Waals surface area contributed by atoms with Crippen molar-refractivity contribution in [3.05, 3.63) is 29.3 Å². The van der Waals surface area contributed by atoms with Gasteiger partial charge in [0, 0.05) is 6.42 Å². The Morgan fingerprint density at radius 2 is 2.31 bits per heavy atom. The van der Waals surface area contributed by atoms with Crippen LogP contribution in [0.15, 0.2) is 18.2 Å². The highest BCUT2D eigenvalue weighted by molar-refractivity contribution is 5.68. The van der Waals surface area contributed by atoms with E-state index in [9.17, 15) is 4.79 Å². The molecule has 2 rings (SSSR count). The summed E-state index contributed by atoms with van der Waals surface area (Å²) in [5.41, 5.74) is 2.24. The molecule has 1 aliphatic heterocycles. The van der Waals surface area contributed by atoms with Crippen LogP contribution in [-0.4, -0.2) is 19.8 Å². The maximum atomic E-state index is 11.1. The minimum atomic E-state index is -0.341. The zero-order chi connectivity index (χ0) is 11.5. The van der Waals surface area contributed by atoms with Crippen LogP contribution in [0.3, 0.4) is 0 Å². The third-order valence-corrected chi connectivity index (χ3v) is 2.78. The topological polar surface area (TPSA) is 47.6 Å². The number of methoxy groups -OCH3 is 1. The maximum Gasteiger partial charge on any atom is 0.407 e. The maximum absolute atomic E-state index is 11.1. The van der Waals surface area contributed by atoms with Crippen LogP contribution in [0.2, 0.25) is 0 Å². The van der Waals surface area contributed by atoms with Crippen LogP contribution in [-0.2, 0) is 4.74 Å². The number of amides is 1. The molecule has 1 N–H and O–H groups in total. The first kappa shape index (κ1) is 10.8. The van der Waals surface area contributed by atoms with Crippen molar-refractivity contribution in [2.75, 3.05) is 13.7 Å². The third kappa shape index (κ3) is 2.10. The van der Waals surface area contributed by atoms with Gasteiger partial charge in [-0.05, 0) is 30.2 Å². The zero-order valence-corrected chi connectivity index (χ0v) is 9.45. The van der Waals surface area contributed by atoms with E-state index in [1.54, 1.807) is 7.11 Å². The highest BCUT2D eigenvalue weighted by Crippen LogP contribution is 2.26. The summed E-state index contributed by atoms with van der Waals surface area (Å²) in [6, 6.07) is 5.91. The van der Waals surface area contributed by atoms with Crippen molar-refractivity contribution in [1.29, 1.82) is 0 Å². The molecule has 0 bridgehead atoms. The fourth-order valence-electron chi connectivity index (χ4n) is 1.92. The minimum absolute atomic E-state index is 0.0483. The largest absolute Gasteiger partial charge is 0.497 e. The van der Waals surface area contributed by atoms with Gasteiger partial charge in [0.25, 0.3) is 0 Å². The number of alkyl carbamates (subject to hydrolysis) is 1. The number of carbonyl (C=O) groups excluding carboxylic acids is 1. The van der Waals surface area contributed by atoms with E-state index in [4.69, 9.17) is 9.47 Å². The minimum Gasteiger partial charge on any atom is -0.497 e. The molecule has 1 heterocycles. The molecule has 0 spiro atoms. The van der Waals surface area contributed by atoms with Crippen molar-refractivity contribution in [2.24, 2.45) is 0 Å². The fraction of sp³-hybridized carbons (Fsp3) is 0.417. The first-order valence-electron chi connectivity index (χ1n) is 5.28. The molecular weight excluding hydrogens is 206 g/mol. The predicted octanol–water partition coefficient (Wildman–Crippen LogP) is 2.17. The van der Waals surface area contributed by atoms with E-state index in [0.717, 1.165) is 23.3 Å². The summed E-state index contributed by atoms with van der Waals surface area (Å²) in [6.45, 7) is 2.49. The molecule has 1 amide bonds. The summed E-state index contributed by atoms with van der Waals surface area (Å²) in [5, 5.41) is 2.81. The van der Waals surface area contributed by atoms with E-state index >= 15 is 0 Å². The Morgan fingerprint density at radius 3 is 2.94 bits per heavy atom. The normalized spacial score (nSPS) is 19.9. The van der Waals surface area contributed by atoms with Crippen LogP contribution < -0.4 is 10.1 Å². The van der Waals surface area contributed by atoms with Gasteiger partial charge in [0.2, 0.25) is 0 Å². The first-order valence-corrected chi connectivity index (χ1v) is 5.28. The van der Waals surface area contributed by atoms with E-state index < -0.39 is 0 Å². The lowest BCUT2D eigenvalue weighted by molar-refractivity contribution is 0.115. The number of cyclic esters (lactones) is 1. The number of aryl methyl sites for hydroxylation is 1. The van der Waals surface area contributed by atoms with Crippen molar-refractivity contribution in [2.45, 2.75) is 19.4 Å². The summed E-state index contributed by atoms with van der Waals surface area (Å²) >= 11 is 0. The van der Waals surface area contributed by atoms with Crippen molar-refractivity contribution in [1.82, 2.24) is 5.32 Å². The Morgan fingerprint density at radius 1 is 1.50 bits per heavy atom. The van der Waals surface area contributed by atoms with Crippen LogP contribution >= 0.6 is 0 Å². The summed E-state index contributed by atoms with van der Waals surface area (Å²) in [7, 11) is 1.64. The highest BCUT2D eigenvalue weighted by Gasteiger charge is 2.21. The van der Waals surface area contributed by atoms with E-state index in [0.29, 0.717) is 6.61 Å². The monoisotopic (exact) mass is 221 g/mol.